The molecule has 10 heteroatoms. The zero-order valence-electron chi connectivity index (χ0n) is 23.3. The van der Waals surface area contributed by atoms with E-state index < -0.39 is 28.5 Å². The predicted octanol–water partition coefficient (Wildman–Crippen LogP) is 6.14. The summed E-state index contributed by atoms with van der Waals surface area (Å²) in [5.41, 5.74) is 2.66. The molecule has 0 aliphatic rings. The summed E-state index contributed by atoms with van der Waals surface area (Å²) in [6, 6.07) is 17.1. The number of sulfonamides is 1. The van der Waals surface area contributed by atoms with Gasteiger partial charge in [0.2, 0.25) is 11.8 Å². The highest BCUT2D eigenvalue weighted by Gasteiger charge is 2.33. The third kappa shape index (κ3) is 7.36. The summed E-state index contributed by atoms with van der Waals surface area (Å²) < 4.78 is 28.8. The van der Waals surface area contributed by atoms with E-state index in [2.05, 4.69) is 5.32 Å². The van der Waals surface area contributed by atoms with E-state index in [4.69, 9.17) is 23.2 Å². The first-order valence-electron chi connectivity index (χ1n) is 13.0. The maximum atomic E-state index is 14.0. The summed E-state index contributed by atoms with van der Waals surface area (Å²) in [6.07, 6.45) is 0.707. The molecule has 0 aromatic heterocycles. The number of hydrogen-bond acceptors (Lipinski definition) is 4. The zero-order chi connectivity index (χ0) is 29.6. The van der Waals surface area contributed by atoms with Crippen LogP contribution in [0, 0.1) is 13.8 Å². The van der Waals surface area contributed by atoms with Crippen molar-refractivity contribution in [1.29, 1.82) is 0 Å². The third-order valence-corrected chi connectivity index (χ3v) is 9.44. The van der Waals surface area contributed by atoms with Crippen LogP contribution in [0.3, 0.4) is 0 Å². The van der Waals surface area contributed by atoms with Crippen molar-refractivity contribution in [2.45, 2.75) is 64.6 Å². The van der Waals surface area contributed by atoms with E-state index in [0.29, 0.717) is 27.7 Å². The molecule has 0 heterocycles. The van der Waals surface area contributed by atoms with Gasteiger partial charge in [-0.3, -0.25) is 13.9 Å². The average molecular weight is 605 g/mol. The van der Waals surface area contributed by atoms with Crippen LogP contribution < -0.4 is 9.62 Å². The van der Waals surface area contributed by atoms with Crippen LogP contribution in [-0.2, 0) is 26.2 Å². The van der Waals surface area contributed by atoms with Crippen LogP contribution in [0.5, 0.6) is 0 Å². The summed E-state index contributed by atoms with van der Waals surface area (Å²) in [5.74, 6) is -0.949. The van der Waals surface area contributed by atoms with Gasteiger partial charge in [-0.15, -0.1) is 0 Å². The number of aryl methyl sites for hydroxylation is 2. The van der Waals surface area contributed by atoms with Crippen LogP contribution in [0.1, 0.15) is 43.9 Å². The van der Waals surface area contributed by atoms with Crippen LogP contribution in [-0.4, -0.2) is 43.8 Å². The minimum absolute atomic E-state index is 0.0456. The Morgan fingerprint density at radius 3 is 2.10 bits per heavy atom. The highest BCUT2D eigenvalue weighted by Crippen LogP contribution is 2.29. The SMILES string of the molecule is CC[C@H](C)NC(=O)[C@@H](C)N(Cc1c(Cl)cccc1Cl)C(=O)CN(c1ccc(C)c(C)c1)S(=O)(=O)c1ccccc1. The number of nitrogens with zero attached hydrogens (tertiary/aromatic N) is 2. The second-order valence-corrected chi connectivity index (χ2v) is 12.5. The molecule has 0 aliphatic heterocycles. The second-order valence-electron chi connectivity index (χ2n) is 9.81. The number of carbonyl (C=O) groups excluding carboxylic acids is 2. The van der Waals surface area contributed by atoms with Gasteiger partial charge in [0.1, 0.15) is 12.6 Å². The van der Waals surface area contributed by atoms with Gasteiger partial charge in [-0.25, -0.2) is 8.42 Å². The lowest BCUT2D eigenvalue weighted by atomic mass is 10.1. The molecule has 0 unspecified atom stereocenters. The lowest BCUT2D eigenvalue weighted by Gasteiger charge is -2.33. The Labute approximate surface area is 247 Å². The summed E-state index contributed by atoms with van der Waals surface area (Å²) in [7, 11) is -4.14. The normalized spacial score (nSPS) is 12.9. The largest absolute Gasteiger partial charge is 0.352 e. The number of rotatable bonds is 11. The first-order chi connectivity index (χ1) is 18.9. The summed E-state index contributed by atoms with van der Waals surface area (Å²) in [5, 5.41) is 3.58. The molecule has 0 saturated carbocycles. The van der Waals surface area contributed by atoms with E-state index in [0.717, 1.165) is 15.4 Å². The van der Waals surface area contributed by atoms with E-state index >= 15 is 0 Å². The van der Waals surface area contributed by atoms with E-state index in [-0.39, 0.29) is 23.4 Å². The molecule has 0 aliphatic carbocycles. The molecule has 1 N–H and O–H groups in total. The predicted molar refractivity (Wildman–Crippen MR) is 161 cm³/mol. The van der Waals surface area contributed by atoms with Crippen molar-refractivity contribution in [3.63, 3.8) is 0 Å². The molecule has 2 amide bonds. The van der Waals surface area contributed by atoms with Gasteiger partial charge in [0.05, 0.1) is 10.6 Å². The maximum Gasteiger partial charge on any atom is 0.264 e. The molecule has 0 spiro atoms. The van der Waals surface area contributed by atoms with Crippen LogP contribution >= 0.6 is 23.2 Å². The highest BCUT2D eigenvalue weighted by atomic mass is 35.5. The molecule has 0 saturated heterocycles. The van der Waals surface area contributed by atoms with Gasteiger partial charge in [-0.05, 0) is 81.6 Å². The van der Waals surface area contributed by atoms with Crippen molar-refractivity contribution >= 4 is 50.7 Å². The van der Waals surface area contributed by atoms with Crippen LogP contribution in [0.25, 0.3) is 0 Å². The Hall–Kier alpha value is -3.07. The number of nitrogens with one attached hydrogen (secondary N) is 1. The number of halogens is 2. The quantitative estimate of drug-likeness (QED) is 0.285. The van der Waals surface area contributed by atoms with Gasteiger partial charge in [0, 0.05) is 28.2 Å². The highest BCUT2D eigenvalue weighted by molar-refractivity contribution is 7.92. The van der Waals surface area contributed by atoms with Crippen molar-refractivity contribution in [2.75, 3.05) is 10.8 Å². The fraction of sp³-hybridized carbons (Fsp3) is 0.333. The van der Waals surface area contributed by atoms with E-state index in [9.17, 15) is 18.0 Å². The smallest absolute Gasteiger partial charge is 0.264 e. The fourth-order valence-corrected chi connectivity index (χ4v) is 5.98. The molecule has 214 valence electrons. The van der Waals surface area contributed by atoms with Gasteiger partial charge in [0.15, 0.2) is 0 Å². The van der Waals surface area contributed by atoms with Gasteiger partial charge in [-0.2, -0.15) is 0 Å². The number of anilines is 1. The molecule has 0 fully saturated rings. The van der Waals surface area contributed by atoms with Gasteiger partial charge >= 0.3 is 0 Å². The molecule has 2 atom stereocenters. The van der Waals surface area contributed by atoms with Crippen LogP contribution in [0.2, 0.25) is 10.0 Å². The Balaban J connectivity index is 2.08. The molecular formula is C30H35Cl2N3O4S. The molecular weight excluding hydrogens is 569 g/mol. The Morgan fingerprint density at radius 1 is 0.900 bits per heavy atom. The first kappa shape index (κ1) is 31.5. The molecule has 40 heavy (non-hydrogen) atoms. The number of amides is 2. The Morgan fingerprint density at radius 2 is 1.52 bits per heavy atom. The minimum Gasteiger partial charge on any atom is -0.352 e. The lowest BCUT2D eigenvalue weighted by Crippen LogP contribution is -2.52. The zero-order valence-corrected chi connectivity index (χ0v) is 25.6. The van der Waals surface area contributed by atoms with Gasteiger partial charge < -0.3 is 10.2 Å². The summed E-state index contributed by atoms with van der Waals surface area (Å²) in [4.78, 5) is 28.6. The monoisotopic (exact) mass is 603 g/mol. The van der Waals surface area contributed by atoms with E-state index in [1.54, 1.807) is 55.5 Å². The first-order valence-corrected chi connectivity index (χ1v) is 15.2. The van der Waals surface area contributed by atoms with E-state index in [1.807, 2.05) is 33.8 Å². The topological polar surface area (TPSA) is 86.8 Å². The van der Waals surface area contributed by atoms with Crippen LogP contribution in [0.4, 0.5) is 5.69 Å². The Bertz CT molecular complexity index is 1440. The summed E-state index contributed by atoms with van der Waals surface area (Å²) in [6.45, 7) is 8.59. The van der Waals surface area contributed by atoms with Crippen molar-refractivity contribution in [3.8, 4) is 0 Å². The molecule has 7 nitrogen and oxygen atoms in total. The third-order valence-electron chi connectivity index (χ3n) is 6.95. The number of hydrogen-bond donors (Lipinski definition) is 1. The Kier molecular flexibility index (Phi) is 10.6. The minimum atomic E-state index is -4.14. The molecule has 3 aromatic rings. The number of benzene rings is 3. The molecule has 0 bridgehead atoms. The number of carbonyl (C=O) groups is 2. The van der Waals surface area contributed by atoms with Crippen molar-refractivity contribution < 1.29 is 18.0 Å². The van der Waals surface area contributed by atoms with Crippen molar-refractivity contribution in [1.82, 2.24) is 10.2 Å². The summed E-state index contributed by atoms with van der Waals surface area (Å²) >= 11 is 12.9. The van der Waals surface area contributed by atoms with Crippen molar-refractivity contribution in [2.24, 2.45) is 0 Å². The average Bonchev–Trinajstić information content (AvgIpc) is 2.93. The lowest BCUT2D eigenvalue weighted by molar-refractivity contribution is -0.139. The van der Waals surface area contributed by atoms with Crippen molar-refractivity contribution in [3.05, 3.63) is 93.5 Å². The molecule has 0 radical (unpaired) electrons. The van der Waals surface area contributed by atoms with E-state index in [1.165, 1.54) is 17.0 Å². The molecule has 3 rings (SSSR count). The fourth-order valence-electron chi connectivity index (χ4n) is 4.03. The molecule has 3 aromatic carbocycles. The second kappa shape index (κ2) is 13.5. The van der Waals surface area contributed by atoms with Crippen LogP contribution in [0.15, 0.2) is 71.6 Å². The van der Waals surface area contributed by atoms with Gasteiger partial charge in [-0.1, -0.05) is 60.5 Å². The standard InChI is InChI=1S/C30H35Cl2N3O4S/c1-6-22(4)33-30(37)23(5)34(18-26-27(31)13-10-14-28(26)32)29(36)19-35(24-16-15-20(2)21(3)17-24)40(38,39)25-11-8-7-9-12-25/h7-17,22-23H,6,18-19H2,1-5H3,(H,33,37)/t22-,23+/m0/s1. The van der Waals surface area contributed by atoms with Gasteiger partial charge in [0.25, 0.3) is 10.0 Å². The maximum absolute atomic E-state index is 14.0.